The van der Waals surface area contributed by atoms with E-state index in [-0.39, 0.29) is 0 Å². The first-order valence-electron chi connectivity index (χ1n) is 5.89. The SMILES string of the molecule is CCN(CC)c1[nH+]c(C)c(C(=O)OC)cc1C#N. The zero-order chi connectivity index (χ0) is 13.7. The highest BCUT2D eigenvalue weighted by Crippen LogP contribution is 2.17. The molecule has 0 amide bonds. The minimum absolute atomic E-state index is 0.393. The number of esters is 1. The van der Waals surface area contributed by atoms with Crippen LogP contribution in [0.15, 0.2) is 6.07 Å². The summed E-state index contributed by atoms with van der Waals surface area (Å²) in [7, 11) is 1.33. The van der Waals surface area contributed by atoms with E-state index in [9.17, 15) is 10.1 Å². The Morgan fingerprint density at radius 2 is 2.11 bits per heavy atom. The van der Waals surface area contributed by atoms with E-state index < -0.39 is 5.97 Å². The lowest BCUT2D eigenvalue weighted by atomic mass is 10.1. The second-order valence-corrected chi connectivity index (χ2v) is 3.85. The molecule has 0 bridgehead atoms. The monoisotopic (exact) mass is 248 g/mol. The minimum atomic E-state index is -0.439. The zero-order valence-corrected chi connectivity index (χ0v) is 11.2. The van der Waals surface area contributed by atoms with Gasteiger partial charge in [0, 0.05) is 0 Å². The Hall–Kier alpha value is -2.09. The maximum atomic E-state index is 11.6. The van der Waals surface area contributed by atoms with Gasteiger partial charge in [-0.15, -0.1) is 0 Å². The Kier molecular flexibility index (Phi) is 4.67. The van der Waals surface area contributed by atoms with Crippen LogP contribution in [0.2, 0.25) is 0 Å². The number of rotatable bonds is 4. The normalized spacial score (nSPS) is 9.72. The predicted octanol–water partition coefficient (Wildman–Crippen LogP) is 1.31. The summed E-state index contributed by atoms with van der Waals surface area (Å²) in [4.78, 5) is 16.7. The fourth-order valence-electron chi connectivity index (χ4n) is 1.83. The number of hydrogen-bond acceptors (Lipinski definition) is 4. The van der Waals surface area contributed by atoms with E-state index in [2.05, 4.69) is 15.8 Å². The van der Waals surface area contributed by atoms with Crippen LogP contribution in [-0.2, 0) is 4.74 Å². The van der Waals surface area contributed by atoms with Gasteiger partial charge < -0.3 is 4.74 Å². The van der Waals surface area contributed by atoms with Gasteiger partial charge in [0.1, 0.15) is 22.9 Å². The summed E-state index contributed by atoms with van der Waals surface area (Å²) in [5.74, 6) is 0.305. The number of carbonyl (C=O) groups is 1. The number of carbonyl (C=O) groups excluding carboxylic acids is 1. The first-order chi connectivity index (χ1) is 8.58. The molecule has 1 N–H and O–H groups in total. The Labute approximate surface area is 107 Å². The summed E-state index contributed by atoms with van der Waals surface area (Å²) >= 11 is 0. The Balaban J connectivity index is 3.36. The molecule has 0 saturated carbocycles. The van der Waals surface area contributed by atoms with E-state index in [0.717, 1.165) is 18.9 Å². The molecule has 0 atom stereocenters. The highest BCUT2D eigenvalue weighted by molar-refractivity contribution is 5.90. The molecule has 1 aromatic rings. The molecule has 0 aliphatic heterocycles. The number of pyridine rings is 1. The van der Waals surface area contributed by atoms with Gasteiger partial charge in [-0.2, -0.15) is 5.26 Å². The molecular formula is C13H18N3O2+. The first-order valence-corrected chi connectivity index (χ1v) is 5.89. The fraction of sp³-hybridized carbons (Fsp3) is 0.462. The fourth-order valence-corrected chi connectivity index (χ4v) is 1.83. The molecule has 0 fully saturated rings. The van der Waals surface area contributed by atoms with Crippen molar-refractivity contribution in [1.82, 2.24) is 0 Å². The van der Waals surface area contributed by atoms with Crippen LogP contribution in [0, 0.1) is 18.3 Å². The number of aromatic amines is 1. The summed E-state index contributed by atoms with van der Waals surface area (Å²) in [5.41, 5.74) is 1.54. The van der Waals surface area contributed by atoms with Gasteiger partial charge in [-0.05, 0) is 26.8 Å². The Morgan fingerprint density at radius 1 is 1.50 bits per heavy atom. The van der Waals surface area contributed by atoms with Crippen molar-refractivity contribution in [1.29, 1.82) is 5.26 Å². The molecule has 1 heterocycles. The lowest BCUT2D eigenvalue weighted by Gasteiger charge is -2.14. The summed E-state index contributed by atoms with van der Waals surface area (Å²) in [6.45, 7) is 7.40. The van der Waals surface area contributed by atoms with E-state index in [1.54, 1.807) is 13.0 Å². The average molecular weight is 248 g/mol. The molecule has 0 saturated heterocycles. The van der Waals surface area contributed by atoms with Crippen LogP contribution in [0.25, 0.3) is 0 Å². The van der Waals surface area contributed by atoms with Crippen LogP contribution in [0.5, 0.6) is 0 Å². The van der Waals surface area contributed by atoms with Crippen LogP contribution in [-0.4, -0.2) is 26.2 Å². The van der Waals surface area contributed by atoms with E-state index in [1.165, 1.54) is 7.11 Å². The van der Waals surface area contributed by atoms with Gasteiger partial charge in [0.05, 0.1) is 20.2 Å². The van der Waals surface area contributed by atoms with Crippen molar-refractivity contribution >= 4 is 11.8 Å². The van der Waals surface area contributed by atoms with Crippen molar-refractivity contribution in [2.75, 3.05) is 25.1 Å². The van der Waals surface area contributed by atoms with Crippen LogP contribution in [0.1, 0.15) is 35.5 Å². The molecule has 18 heavy (non-hydrogen) atoms. The topological polar surface area (TPSA) is 67.5 Å². The first kappa shape index (κ1) is 14.0. The van der Waals surface area contributed by atoms with Gasteiger partial charge in [-0.25, -0.2) is 9.78 Å². The zero-order valence-electron chi connectivity index (χ0n) is 11.2. The molecule has 0 radical (unpaired) electrons. The lowest BCUT2D eigenvalue weighted by molar-refractivity contribution is -0.374. The molecule has 96 valence electrons. The predicted molar refractivity (Wildman–Crippen MR) is 67.4 cm³/mol. The maximum Gasteiger partial charge on any atom is 0.341 e. The number of anilines is 1. The van der Waals surface area contributed by atoms with Gasteiger partial charge in [0.25, 0.3) is 5.82 Å². The van der Waals surface area contributed by atoms with Gasteiger partial charge in [-0.3, -0.25) is 4.90 Å². The van der Waals surface area contributed by atoms with Crippen LogP contribution < -0.4 is 9.88 Å². The van der Waals surface area contributed by atoms with Crippen molar-refractivity contribution in [3.8, 4) is 6.07 Å². The summed E-state index contributed by atoms with van der Waals surface area (Å²) in [6.07, 6.45) is 0. The minimum Gasteiger partial charge on any atom is -0.465 e. The molecule has 5 nitrogen and oxygen atoms in total. The molecular weight excluding hydrogens is 230 g/mol. The summed E-state index contributed by atoms with van der Waals surface area (Å²) in [5, 5.41) is 9.18. The largest absolute Gasteiger partial charge is 0.465 e. The van der Waals surface area contributed by atoms with Crippen molar-refractivity contribution in [3.05, 3.63) is 22.9 Å². The Morgan fingerprint density at radius 3 is 2.56 bits per heavy atom. The van der Waals surface area contributed by atoms with Crippen molar-refractivity contribution in [2.24, 2.45) is 0 Å². The van der Waals surface area contributed by atoms with Crippen LogP contribution in [0.3, 0.4) is 0 Å². The number of aromatic nitrogens is 1. The number of nitrogens with zero attached hydrogens (tertiary/aromatic N) is 2. The molecule has 0 spiro atoms. The summed E-state index contributed by atoms with van der Waals surface area (Å²) < 4.78 is 4.69. The van der Waals surface area contributed by atoms with Gasteiger partial charge in [-0.1, -0.05) is 0 Å². The smallest absolute Gasteiger partial charge is 0.341 e. The highest BCUT2D eigenvalue weighted by Gasteiger charge is 2.22. The maximum absolute atomic E-state index is 11.6. The second kappa shape index (κ2) is 6.01. The number of methoxy groups -OCH3 is 1. The van der Waals surface area contributed by atoms with Crippen molar-refractivity contribution in [3.63, 3.8) is 0 Å². The quantitative estimate of drug-likeness (QED) is 0.753. The summed E-state index contributed by atoms with van der Waals surface area (Å²) in [6, 6.07) is 3.69. The molecule has 1 aromatic heterocycles. The van der Waals surface area contributed by atoms with E-state index >= 15 is 0 Å². The van der Waals surface area contributed by atoms with Crippen molar-refractivity contribution in [2.45, 2.75) is 20.8 Å². The van der Waals surface area contributed by atoms with Gasteiger partial charge >= 0.3 is 5.97 Å². The third kappa shape index (κ3) is 2.59. The van der Waals surface area contributed by atoms with E-state index in [0.29, 0.717) is 16.8 Å². The van der Waals surface area contributed by atoms with E-state index in [1.807, 2.05) is 18.7 Å². The molecule has 0 aliphatic carbocycles. The number of ether oxygens (including phenoxy) is 1. The Bertz CT molecular complexity index is 488. The molecule has 0 aliphatic rings. The molecule has 5 heteroatoms. The van der Waals surface area contributed by atoms with Gasteiger partial charge in [0.2, 0.25) is 0 Å². The van der Waals surface area contributed by atoms with Crippen molar-refractivity contribution < 1.29 is 14.5 Å². The standard InChI is InChI=1S/C13H17N3O2/c1-5-16(6-2)12-10(8-14)7-11(9(3)15-12)13(17)18-4/h7H,5-6H2,1-4H3/p+1. The number of nitriles is 1. The third-order valence-corrected chi connectivity index (χ3v) is 2.86. The second-order valence-electron chi connectivity index (χ2n) is 3.85. The molecule has 0 unspecified atom stereocenters. The van der Waals surface area contributed by atoms with Crippen LogP contribution in [0.4, 0.5) is 5.82 Å². The molecule has 0 aromatic carbocycles. The lowest BCUT2D eigenvalue weighted by Crippen LogP contribution is -2.32. The number of nitrogens with one attached hydrogen (secondary N) is 1. The van der Waals surface area contributed by atoms with Crippen LogP contribution >= 0.6 is 0 Å². The number of aryl methyl sites for hydroxylation is 1. The molecule has 1 rings (SSSR count). The number of H-pyrrole nitrogens is 1. The average Bonchev–Trinajstić information content (AvgIpc) is 2.39. The highest BCUT2D eigenvalue weighted by atomic mass is 16.5. The van der Waals surface area contributed by atoms with E-state index in [4.69, 9.17) is 0 Å². The number of hydrogen-bond donors (Lipinski definition) is 0. The third-order valence-electron chi connectivity index (χ3n) is 2.86. The van der Waals surface area contributed by atoms with Gasteiger partial charge in [0.15, 0.2) is 0 Å².